The standard InChI is InChI=1S/C19H28N2O4.ClH/c1-13(2)18(14-4-6-16(25-3)7-5-14)20-17(22)12-21-10-8-15(9-11-21)19(23)24;/h4-7,13,15,18H,8-12H2,1-3H3,(H,20,22)(H,23,24);1H. The second-order valence-corrected chi connectivity index (χ2v) is 6.95. The van der Waals surface area contributed by atoms with Gasteiger partial charge in [0.05, 0.1) is 25.6 Å². The summed E-state index contributed by atoms with van der Waals surface area (Å²) >= 11 is 0. The lowest BCUT2D eigenvalue weighted by atomic mass is 9.95. The Bertz CT molecular complexity index is 584. The Morgan fingerprint density at radius 3 is 2.27 bits per heavy atom. The average molecular weight is 385 g/mol. The van der Waals surface area contributed by atoms with Gasteiger partial charge in [-0.25, -0.2) is 0 Å². The zero-order valence-electron chi connectivity index (χ0n) is 15.6. The highest BCUT2D eigenvalue weighted by Crippen LogP contribution is 2.24. The molecule has 0 spiro atoms. The number of nitrogens with zero attached hydrogens (tertiary/aromatic N) is 1. The fourth-order valence-electron chi connectivity index (χ4n) is 3.21. The smallest absolute Gasteiger partial charge is 0.306 e. The number of amides is 1. The van der Waals surface area contributed by atoms with E-state index in [0.717, 1.165) is 11.3 Å². The summed E-state index contributed by atoms with van der Waals surface area (Å²) < 4.78 is 5.18. The maximum atomic E-state index is 12.4. The molecule has 0 saturated carbocycles. The first-order valence-electron chi connectivity index (χ1n) is 8.79. The van der Waals surface area contributed by atoms with Crippen molar-refractivity contribution in [3.63, 3.8) is 0 Å². The fourth-order valence-corrected chi connectivity index (χ4v) is 3.21. The summed E-state index contributed by atoms with van der Waals surface area (Å²) in [5, 5.41) is 12.2. The number of benzene rings is 1. The number of hydrogen-bond acceptors (Lipinski definition) is 4. The van der Waals surface area contributed by atoms with Crippen LogP contribution < -0.4 is 10.1 Å². The number of ether oxygens (including phenoxy) is 1. The van der Waals surface area contributed by atoms with Crippen molar-refractivity contribution >= 4 is 24.3 Å². The van der Waals surface area contributed by atoms with Crippen molar-refractivity contribution in [1.82, 2.24) is 10.2 Å². The molecule has 1 heterocycles. The molecule has 1 aliphatic heterocycles. The highest BCUT2D eigenvalue weighted by atomic mass is 35.5. The third-order valence-electron chi connectivity index (χ3n) is 4.76. The van der Waals surface area contributed by atoms with Gasteiger partial charge in [0.25, 0.3) is 0 Å². The SMILES string of the molecule is COc1ccc(C(NC(=O)CN2CCC(C(=O)O)CC2)C(C)C)cc1.Cl. The van der Waals surface area contributed by atoms with Gasteiger partial charge in [-0.2, -0.15) is 0 Å². The number of carboxylic acid groups (broad SMARTS) is 1. The third-order valence-corrected chi connectivity index (χ3v) is 4.76. The summed E-state index contributed by atoms with van der Waals surface area (Å²) in [6, 6.07) is 7.68. The summed E-state index contributed by atoms with van der Waals surface area (Å²) in [4.78, 5) is 25.5. The van der Waals surface area contributed by atoms with Crippen LogP contribution in [-0.2, 0) is 9.59 Å². The van der Waals surface area contributed by atoms with Gasteiger partial charge >= 0.3 is 5.97 Å². The Morgan fingerprint density at radius 1 is 1.23 bits per heavy atom. The molecule has 1 atom stereocenters. The molecule has 146 valence electrons. The highest BCUT2D eigenvalue weighted by Gasteiger charge is 2.26. The van der Waals surface area contributed by atoms with Crippen LogP contribution in [-0.4, -0.2) is 48.6 Å². The number of carbonyl (C=O) groups excluding carboxylic acids is 1. The van der Waals surface area contributed by atoms with E-state index in [1.165, 1.54) is 0 Å². The minimum atomic E-state index is -0.733. The first-order chi connectivity index (χ1) is 11.9. The van der Waals surface area contributed by atoms with Crippen molar-refractivity contribution < 1.29 is 19.4 Å². The van der Waals surface area contributed by atoms with Gasteiger partial charge in [-0.05, 0) is 49.5 Å². The molecule has 6 nitrogen and oxygen atoms in total. The predicted octanol–water partition coefficient (Wildman–Crippen LogP) is 2.73. The molecule has 1 fully saturated rings. The summed E-state index contributed by atoms with van der Waals surface area (Å²) in [6.07, 6.45) is 1.21. The molecule has 1 unspecified atom stereocenters. The first kappa shape index (κ1) is 22.3. The van der Waals surface area contributed by atoms with Crippen molar-refractivity contribution in [2.75, 3.05) is 26.7 Å². The van der Waals surface area contributed by atoms with E-state index < -0.39 is 5.97 Å². The van der Waals surface area contributed by atoms with Crippen LogP contribution >= 0.6 is 12.4 Å². The Kier molecular flexibility index (Phi) is 8.88. The number of carboxylic acids is 1. The van der Waals surface area contributed by atoms with Gasteiger partial charge < -0.3 is 15.2 Å². The fraction of sp³-hybridized carbons (Fsp3) is 0.579. The van der Waals surface area contributed by atoms with Crippen LogP contribution in [0.5, 0.6) is 5.75 Å². The molecule has 0 bridgehead atoms. The number of halogens is 1. The van der Waals surface area contributed by atoms with Gasteiger partial charge in [0.15, 0.2) is 0 Å². The van der Waals surface area contributed by atoms with Crippen molar-refractivity contribution in [2.24, 2.45) is 11.8 Å². The quantitative estimate of drug-likeness (QED) is 0.755. The van der Waals surface area contributed by atoms with Crippen LogP contribution in [0.15, 0.2) is 24.3 Å². The van der Waals surface area contributed by atoms with E-state index in [0.29, 0.717) is 32.5 Å². The molecule has 26 heavy (non-hydrogen) atoms. The first-order valence-corrected chi connectivity index (χ1v) is 8.79. The monoisotopic (exact) mass is 384 g/mol. The van der Waals surface area contributed by atoms with Gasteiger partial charge in [-0.15, -0.1) is 12.4 Å². The largest absolute Gasteiger partial charge is 0.497 e. The Hall–Kier alpha value is -1.79. The number of piperidine rings is 1. The lowest BCUT2D eigenvalue weighted by Gasteiger charge is -2.30. The maximum Gasteiger partial charge on any atom is 0.306 e. The number of rotatable bonds is 7. The molecule has 0 radical (unpaired) electrons. The maximum absolute atomic E-state index is 12.4. The zero-order valence-corrected chi connectivity index (χ0v) is 16.4. The molecule has 0 aliphatic carbocycles. The predicted molar refractivity (Wildman–Crippen MR) is 103 cm³/mol. The van der Waals surface area contributed by atoms with E-state index >= 15 is 0 Å². The molecule has 1 aliphatic rings. The number of likely N-dealkylation sites (tertiary alicyclic amines) is 1. The molecule has 2 N–H and O–H groups in total. The van der Waals surface area contributed by atoms with Crippen molar-refractivity contribution in [3.05, 3.63) is 29.8 Å². The summed E-state index contributed by atoms with van der Waals surface area (Å²) in [5.41, 5.74) is 1.05. The zero-order chi connectivity index (χ0) is 18.4. The molecule has 1 aromatic rings. The normalized spacial score (nSPS) is 16.6. The van der Waals surface area contributed by atoms with Crippen LogP contribution in [0.4, 0.5) is 0 Å². The Balaban J connectivity index is 0.00000338. The van der Waals surface area contributed by atoms with E-state index in [-0.39, 0.29) is 36.2 Å². The van der Waals surface area contributed by atoms with E-state index in [1.807, 2.05) is 29.2 Å². The third kappa shape index (κ3) is 6.18. The lowest BCUT2D eigenvalue weighted by molar-refractivity contribution is -0.143. The average Bonchev–Trinajstić information content (AvgIpc) is 2.60. The van der Waals surface area contributed by atoms with Crippen molar-refractivity contribution in [3.8, 4) is 5.75 Å². The van der Waals surface area contributed by atoms with Gasteiger partial charge in [0, 0.05) is 0 Å². The molecule has 7 heteroatoms. The minimum absolute atomic E-state index is 0. The Labute approximate surface area is 161 Å². The Morgan fingerprint density at radius 2 is 1.81 bits per heavy atom. The number of nitrogens with one attached hydrogen (secondary N) is 1. The van der Waals surface area contributed by atoms with Gasteiger partial charge in [-0.3, -0.25) is 14.5 Å². The van der Waals surface area contributed by atoms with E-state index in [1.54, 1.807) is 7.11 Å². The second-order valence-electron chi connectivity index (χ2n) is 6.95. The van der Waals surface area contributed by atoms with Crippen molar-refractivity contribution in [1.29, 1.82) is 0 Å². The molecule has 1 amide bonds. The van der Waals surface area contributed by atoms with Crippen LogP contribution in [0.25, 0.3) is 0 Å². The number of carbonyl (C=O) groups is 2. The molecule has 0 aromatic heterocycles. The summed E-state index contributed by atoms with van der Waals surface area (Å²) in [6.45, 7) is 5.77. The van der Waals surface area contributed by atoms with E-state index in [2.05, 4.69) is 19.2 Å². The van der Waals surface area contributed by atoms with E-state index in [4.69, 9.17) is 9.84 Å². The van der Waals surface area contributed by atoms with E-state index in [9.17, 15) is 9.59 Å². The van der Waals surface area contributed by atoms with Crippen LogP contribution in [0.3, 0.4) is 0 Å². The summed E-state index contributed by atoms with van der Waals surface area (Å²) in [7, 11) is 1.63. The highest BCUT2D eigenvalue weighted by molar-refractivity contribution is 5.85. The van der Waals surface area contributed by atoms with Gasteiger partial charge in [0.2, 0.25) is 5.91 Å². The number of hydrogen-bond donors (Lipinski definition) is 2. The van der Waals surface area contributed by atoms with Crippen LogP contribution in [0.2, 0.25) is 0 Å². The van der Waals surface area contributed by atoms with Crippen LogP contribution in [0.1, 0.15) is 38.3 Å². The lowest BCUT2D eigenvalue weighted by Crippen LogP contribution is -2.44. The van der Waals surface area contributed by atoms with Gasteiger partial charge in [0.1, 0.15) is 5.75 Å². The molecular formula is C19H29ClN2O4. The van der Waals surface area contributed by atoms with Gasteiger partial charge in [-0.1, -0.05) is 26.0 Å². The topological polar surface area (TPSA) is 78.9 Å². The van der Waals surface area contributed by atoms with Crippen LogP contribution in [0, 0.1) is 11.8 Å². The minimum Gasteiger partial charge on any atom is -0.497 e. The molecular weight excluding hydrogens is 356 g/mol. The molecule has 1 aromatic carbocycles. The van der Waals surface area contributed by atoms with Crippen molar-refractivity contribution in [2.45, 2.75) is 32.7 Å². The number of methoxy groups -OCH3 is 1. The number of aliphatic carboxylic acids is 1. The summed E-state index contributed by atoms with van der Waals surface area (Å²) in [5.74, 6) is 0.0165. The second kappa shape index (κ2) is 10.4. The molecule has 2 rings (SSSR count). The molecule has 1 saturated heterocycles.